The van der Waals surface area contributed by atoms with E-state index in [0.717, 1.165) is 30.3 Å². The topological polar surface area (TPSA) is 37.8 Å². The van der Waals surface area contributed by atoms with E-state index in [1.165, 1.54) is 25.7 Å². The van der Waals surface area contributed by atoms with Crippen LogP contribution in [0.25, 0.3) is 0 Å². The highest BCUT2D eigenvalue weighted by atomic mass is 15.0. The predicted octanol–water partition coefficient (Wildman–Crippen LogP) is 3.65. The van der Waals surface area contributed by atoms with Gasteiger partial charge in [-0.1, -0.05) is 26.7 Å². The highest BCUT2D eigenvalue weighted by Crippen LogP contribution is 2.36. The molecule has 106 valence electrons. The molecule has 0 amide bonds. The van der Waals surface area contributed by atoms with Crippen LogP contribution in [0.4, 0.5) is 0 Å². The van der Waals surface area contributed by atoms with Crippen molar-refractivity contribution in [2.45, 2.75) is 58.9 Å². The summed E-state index contributed by atoms with van der Waals surface area (Å²) in [6, 6.07) is 0.336. The molecule has 3 heteroatoms. The smallest absolute Gasteiger partial charge is 0.145 e. The third-order valence-corrected chi connectivity index (χ3v) is 4.14. The van der Waals surface area contributed by atoms with Gasteiger partial charge < -0.3 is 5.32 Å². The lowest BCUT2D eigenvalue weighted by molar-refractivity contribution is 0.218. The molecule has 1 heterocycles. The Morgan fingerprint density at radius 2 is 2.05 bits per heavy atom. The summed E-state index contributed by atoms with van der Waals surface area (Å²) in [5.41, 5.74) is 1.13. The van der Waals surface area contributed by atoms with E-state index in [9.17, 15) is 0 Å². The van der Waals surface area contributed by atoms with Crippen molar-refractivity contribution >= 4 is 0 Å². The van der Waals surface area contributed by atoms with Crippen molar-refractivity contribution in [1.29, 1.82) is 0 Å². The van der Waals surface area contributed by atoms with Crippen molar-refractivity contribution in [3.8, 4) is 0 Å². The number of nitrogens with zero attached hydrogens (tertiary/aromatic N) is 2. The van der Waals surface area contributed by atoms with Gasteiger partial charge in [-0.2, -0.15) is 0 Å². The zero-order valence-electron chi connectivity index (χ0n) is 12.5. The summed E-state index contributed by atoms with van der Waals surface area (Å²) < 4.78 is 0. The average molecular weight is 261 g/mol. The first-order valence-corrected chi connectivity index (χ1v) is 7.72. The number of aromatic nitrogens is 2. The highest BCUT2D eigenvalue weighted by Gasteiger charge is 2.29. The van der Waals surface area contributed by atoms with Gasteiger partial charge in [-0.05, 0) is 50.1 Å². The zero-order valence-corrected chi connectivity index (χ0v) is 12.5. The molecule has 1 fully saturated rings. The average Bonchev–Trinajstić information content (AvgIpc) is 2.41. The Labute approximate surface area is 117 Å². The van der Waals surface area contributed by atoms with E-state index in [2.05, 4.69) is 29.1 Å². The number of hydrogen-bond acceptors (Lipinski definition) is 3. The highest BCUT2D eigenvalue weighted by molar-refractivity contribution is 5.06. The number of aryl methyl sites for hydroxylation is 1. The van der Waals surface area contributed by atoms with Gasteiger partial charge in [-0.25, -0.2) is 9.97 Å². The maximum atomic E-state index is 4.56. The molecule has 3 atom stereocenters. The Balaban J connectivity index is 2.12. The van der Waals surface area contributed by atoms with Crippen LogP contribution in [0.1, 0.15) is 63.4 Å². The first kappa shape index (κ1) is 14.4. The van der Waals surface area contributed by atoms with E-state index in [1.54, 1.807) is 0 Å². The lowest BCUT2D eigenvalue weighted by Gasteiger charge is -2.33. The first-order valence-electron chi connectivity index (χ1n) is 7.72. The fourth-order valence-electron chi connectivity index (χ4n) is 3.12. The van der Waals surface area contributed by atoms with E-state index in [1.807, 2.05) is 19.3 Å². The second-order valence-electron chi connectivity index (χ2n) is 6.08. The van der Waals surface area contributed by atoms with Crippen LogP contribution in [0.15, 0.2) is 12.4 Å². The third kappa shape index (κ3) is 4.00. The molecule has 1 aliphatic carbocycles. The van der Waals surface area contributed by atoms with Gasteiger partial charge >= 0.3 is 0 Å². The quantitative estimate of drug-likeness (QED) is 0.879. The van der Waals surface area contributed by atoms with Crippen molar-refractivity contribution in [3.05, 3.63) is 23.8 Å². The predicted molar refractivity (Wildman–Crippen MR) is 78.9 cm³/mol. The molecule has 0 bridgehead atoms. The molecule has 2 rings (SSSR count). The van der Waals surface area contributed by atoms with Gasteiger partial charge in [0.2, 0.25) is 0 Å². The summed E-state index contributed by atoms with van der Waals surface area (Å²) >= 11 is 0. The molecular weight excluding hydrogens is 234 g/mol. The molecule has 1 N–H and O–H groups in total. The minimum Gasteiger partial charge on any atom is -0.307 e. The van der Waals surface area contributed by atoms with Crippen LogP contribution in [-0.4, -0.2) is 16.5 Å². The van der Waals surface area contributed by atoms with Crippen LogP contribution in [0.2, 0.25) is 0 Å². The minimum atomic E-state index is 0.336. The fraction of sp³-hybridized carbons (Fsp3) is 0.750. The van der Waals surface area contributed by atoms with Crippen molar-refractivity contribution in [2.75, 3.05) is 6.54 Å². The summed E-state index contributed by atoms with van der Waals surface area (Å²) in [6.45, 7) is 7.68. The minimum absolute atomic E-state index is 0.336. The molecule has 1 aromatic rings. The molecule has 3 unspecified atom stereocenters. The SMILES string of the molecule is CCCNC(c1ncc(C)cn1)C1CCCC(C)C1. The van der Waals surface area contributed by atoms with Gasteiger partial charge in [-0.3, -0.25) is 0 Å². The largest absolute Gasteiger partial charge is 0.307 e. The monoisotopic (exact) mass is 261 g/mol. The van der Waals surface area contributed by atoms with E-state index in [0.29, 0.717) is 12.0 Å². The Morgan fingerprint density at radius 1 is 1.32 bits per heavy atom. The van der Waals surface area contributed by atoms with E-state index in [4.69, 9.17) is 0 Å². The van der Waals surface area contributed by atoms with Crippen molar-refractivity contribution in [1.82, 2.24) is 15.3 Å². The summed E-state index contributed by atoms with van der Waals surface area (Å²) in [7, 11) is 0. The van der Waals surface area contributed by atoms with Gasteiger partial charge in [0.05, 0.1) is 6.04 Å². The van der Waals surface area contributed by atoms with E-state index < -0.39 is 0 Å². The van der Waals surface area contributed by atoms with Crippen LogP contribution in [-0.2, 0) is 0 Å². The van der Waals surface area contributed by atoms with Gasteiger partial charge in [0.15, 0.2) is 0 Å². The van der Waals surface area contributed by atoms with Crippen molar-refractivity contribution in [2.24, 2.45) is 11.8 Å². The van der Waals surface area contributed by atoms with Crippen LogP contribution in [0, 0.1) is 18.8 Å². The molecule has 3 nitrogen and oxygen atoms in total. The molecule has 19 heavy (non-hydrogen) atoms. The molecule has 0 aliphatic heterocycles. The Morgan fingerprint density at radius 3 is 2.68 bits per heavy atom. The van der Waals surface area contributed by atoms with E-state index >= 15 is 0 Å². The first-order chi connectivity index (χ1) is 9.20. The molecule has 1 aliphatic rings. The van der Waals surface area contributed by atoms with Crippen LogP contribution in [0.5, 0.6) is 0 Å². The van der Waals surface area contributed by atoms with Crippen LogP contribution in [0.3, 0.4) is 0 Å². The molecule has 1 aromatic heterocycles. The van der Waals surface area contributed by atoms with Crippen molar-refractivity contribution in [3.63, 3.8) is 0 Å². The Bertz CT molecular complexity index is 374. The van der Waals surface area contributed by atoms with Crippen molar-refractivity contribution < 1.29 is 0 Å². The summed E-state index contributed by atoms with van der Waals surface area (Å²) in [6.07, 6.45) is 10.4. The lowest BCUT2D eigenvalue weighted by atomic mass is 9.78. The second kappa shape index (κ2) is 6.99. The summed E-state index contributed by atoms with van der Waals surface area (Å²) in [5.74, 6) is 2.52. The molecule has 0 radical (unpaired) electrons. The molecular formula is C16H27N3. The van der Waals surface area contributed by atoms with Gasteiger partial charge in [0.25, 0.3) is 0 Å². The third-order valence-electron chi connectivity index (χ3n) is 4.14. The summed E-state index contributed by atoms with van der Waals surface area (Å²) in [5, 5.41) is 3.67. The normalized spacial score (nSPS) is 25.2. The van der Waals surface area contributed by atoms with Gasteiger partial charge in [0.1, 0.15) is 5.82 Å². The number of rotatable bonds is 5. The van der Waals surface area contributed by atoms with Crippen LogP contribution >= 0.6 is 0 Å². The van der Waals surface area contributed by atoms with Gasteiger partial charge in [-0.15, -0.1) is 0 Å². The molecule has 0 aromatic carbocycles. The summed E-state index contributed by atoms with van der Waals surface area (Å²) in [4.78, 5) is 9.12. The van der Waals surface area contributed by atoms with Crippen LogP contribution < -0.4 is 5.32 Å². The molecule has 1 saturated carbocycles. The zero-order chi connectivity index (χ0) is 13.7. The molecule has 0 saturated heterocycles. The number of hydrogen-bond donors (Lipinski definition) is 1. The maximum absolute atomic E-state index is 4.56. The Kier molecular flexibility index (Phi) is 5.32. The fourth-order valence-corrected chi connectivity index (χ4v) is 3.12. The van der Waals surface area contributed by atoms with E-state index in [-0.39, 0.29) is 0 Å². The Hall–Kier alpha value is -0.960. The lowest BCUT2D eigenvalue weighted by Crippen LogP contribution is -2.33. The number of nitrogens with one attached hydrogen (secondary N) is 1. The maximum Gasteiger partial charge on any atom is 0.145 e. The molecule has 0 spiro atoms. The standard InChI is InChI=1S/C16H27N3/c1-4-8-17-15(14-7-5-6-12(2)9-14)16-18-10-13(3)11-19-16/h10-12,14-15,17H,4-9H2,1-3H3. The second-order valence-corrected chi connectivity index (χ2v) is 6.08. The van der Waals surface area contributed by atoms with Gasteiger partial charge in [0, 0.05) is 12.4 Å².